The second-order valence-electron chi connectivity index (χ2n) is 7.35. The van der Waals surface area contributed by atoms with Crippen LogP contribution in [0.5, 0.6) is 0 Å². The molecule has 0 saturated carbocycles. The minimum atomic E-state index is -0.272. The molecule has 2 amide bonds. The highest BCUT2D eigenvalue weighted by Crippen LogP contribution is 2.29. The molecule has 1 aromatic heterocycles. The summed E-state index contributed by atoms with van der Waals surface area (Å²) in [6, 6.07) is 10.6. The van der Waals surface area contributed by atoms with Crippen molar-refractivity contribution in [3.8, 4) is 5.69 Å². The lowest BCUT2D eigenvalue weighted by molar-refractivity contribution is -0.139. The Morgan fingerprint density at radius 1 is 1.15 bits per heavy atom. The Kier molecular flexibility index (Phi) is 4.59. The molecule has 0 spiro atoms. The zero-order valence-corrected chi connectivity index (χ0v) is 15.4. The molecule has 7 nitrogen and oxygen atoms in total. The number of nitrogens with zero attached hydrogens (tertiary/aromatic N) is 3. The number of carbonyl (C=O) groups excluding carboxylic acids is 2. The van der Waals surface area contributed by atoms with Crippen LogP contribution in [-0.4, -0.2) is 57.1 Å². The van der Waals surface area contributed by atoms with E-state index in [1.807, 2.05) is 23.1 Å². The van der Waals surface area contributed by atoms with Gasteiger partial charge in [-0.2, -0.15) is 0 Å². The highest BCUT2D eigenvalue weighted by Gasteiger charge is 2.41. The van der Waals surface area contributed by atoms with Crippen molar-refractivity contribution >= 4 is 11.8 Å². The van der Waals surface area contributed by atoms with Gasteiger partial charge in [-0.15, -0.1) is 0 Å². The number of carbonyl (C=O) groups is 2. The van der Waals surface area contributed by atoms with Crippen molar-refractivity contribution in [2.24, 2.45) is 5.92 Å². The molecule has 27 heavy (non-hydrogen) atoms. The Morgan fingerprint density at radius 2 is 1.93 bits per heavy atom. The fourth-order valence-corrected chi connectivity index (χ4v) is 4.19. The van der Waals surface area contributed by atoms with Crippen molar-refractivity contribution in [2.45, 2.75) is 32.2 Å². The molecule has 2 bridgehead atoms. The fraction of sp³-hybridized carbons (Fsp3) is 0.450. The summed E-state index contributed by atoms with van der Waals surface area (Å²) in [5, 5.41) is 2.93. The third kappa shape index (κ3) is 3.18. The summed E-state index contributed by atoms with van der Waals surface area (Å²) in [6.07, 6.45) is 2.67. The van der Waals surface area contributed by atoms with Gasteiger partial charge >= 0.3 is 0 Å². The summed E-state index contributed by atoms with van der Waals surface area (Å²) in [5.74, 6) is -0.189. The van der Waals surface area contributed by atoms with Gasteiger partial charge in [-0.3, -0.25) is 19.5 Å². The molecule has 7 heteroatoms. The van der Waals surface area contributed by atoms with E-state index in [0.717, 1.165) is 25.8 Å². The Morgan fingerprint density at radius 3 is 2.67 bits per heavy atom. The SMILES string of the molecule is CCCN1C(=O)[C@H]2CC[C@@H]1CN(C(=O)c1cc(=O)n(-c3ccccc3)[nH]1)C2. The number of H-pyrrole nitrogens is 1. The topological polar surface area (TPSA) is 78.4 Å². The maximum absolute atomic E-state index is 13.1. The number of hydrogen-bond acceptors (Lipinski definition) is 3. The Hall–Kier alpha value is -2.83. The first kappa shape index (κ1) is 17.6. The van der Waals surface area contributed by atoms with E-state index < -0.39 is 0 Å². The van der Waals surface area contributed by atoms with E-state index in [1.165, 1.54) is 10.7 Å². The predicted molar refractivity (Wildman–Crippen MR) is 101 cm³/mol. The molecule has 0 radical (unpaired) electrons. The number of para-hydroxylation sites is 1. The maximum atomic E-state index is 13.1. The summed E-state index contributed by atoms with van der Waals surface area (Å²) >= 11 is 0. The number of nitrogens with one attached hydrogen (secondary N) is 1. The molecule has 1 N–H and O–H groups in total. The van der Waals surface area contributed by atoms with Crippen LogP contribution in [0.2, 0.25) is 0 Å². The van der Waals surface area contributed by atoms with Crippen LogP contribution in [0.3, 0.4) is 0 Å². The van der Waals surface area contributed by atoms with Crippen LogP contribution in [0.25, 0.3) is 5.69 Å². The van der Waals surface area contributed by atoms with E-state index in [-0.39, 0.29) is 35.0 Å². The van der Waals surface area contributed by atoms with E-state index in [1.54, 1.807) is 17.0 Å². The molecule has 2 aromatic rings. The van der Waals surface area contributed by atoms with E-state index in [9.17, 15) is 14.4 Å². The fourth-order valence-electron chi connectivity index (χ4n) is 4.19. The van der Waals surface area contributed by atoms with E-state index in [0.29, 0.717) is 18.8 Å². The van der Waals surface area contributed by atoms with Crippen molar-refractivity contribution < 1.29 is 9.59 Å². The molecule has 142 valence electrons. The lowest BCUT2D eigenvalue weighted by Gasteiger charge is -2.35. The average Bonchev–Trinajstić information content (AvgIpc) is 2.87. The first-order valence-corrected chi connectivity index (χ1v) is 9.55. The second kappa shape index (κ2) is 7.06. The van der Waals surface area contributed by atoms with E-state index in [4.69, 9.17) is 0 Å². The quantitative estimate of drug-likeness (QED) is 0.891. The van der Waals surface area contributed by atoms with Crippen LogP contribution in [0.15, 0.2) is 41.2 Å². The van der Waals surface area contributed by atoms with Gasteiger partial charge in [-0.1, -0.05) is 25.1 Å². The summed E-state index contributed by atoms with van der Waals surface area (Å²) in [4.78, 5) is 41.7. The molecule has 4 heterocycles. The number of hydrogen-bond donors (Lipinski definition) is 1. The lowest BCUT2D eigenvalue weighted by atomic mass is 9.94. The zero-order chi connectivity index (χ0) is 19.0. The molecule has 2 atom stereocenters. The first-order valence-electron chi connectivity index (χ1n) is 9.55. The third-order valence-electron chi connectivity index (χ3n) is 5.51. The predicted octanol–water partition coefficient (Wildman–Crippen LogP) is 1.64. The largest absolute Gasteiger partial charge is 0.338 e. The van der Waals surface area contributed by atoms with Crippen molar-refractivity contribution in [1.29, 1.82) is 0 Å². The van der Waals surface area contributed by atoms with Crippen LogP contribution in [0.1, 0.15) is 36.7 Å². The van der Waals surface area contributed by atoms with Gasteiger partial charge in [0.15, 0.2) is 0 Å². The molecule has 3 aliphatic heterocycles. The number of aromatic nitrogens is 2. The normalized spacial score (nSPS) is 22.2. The van der Waals surface area contributed by atoms with Gasteiger partial charge in [0.2, 0.25) is 5.91 Å². The minimum absolute atomic E-state index is 0.0723. The van der Waals surface area contributed by atoms with Crippen LogP contribution in [-0.2, 0) is 4.79 Å². The monoisotopic (exact) mass is 368 g/mol. The molecule has 0 unspecified atom stereocenters. The van der Waals surface area contributed by atoms with Gasteiger partial charge in [0.25, 0.3) is 11.5 Å². The number of piperidine rings is 1. The number of fused-ring (bicyclic) bond motifs is 4. The highest BCUT2D eigenvalue weighted by atomic mass is 16.2. The zero-order valence-electron chi connectivity index (χ0n) is 15.4. The van der Waals surface area contributed by atoms with Gasteiger partial charge < -0.3 is 9.80 Å². The Balaban J connectivity index is 1.59. The number of benzene rings is 1. The maximum Gasteiger partial charge on any atom is 0.272 e. The van der Waals surface area contributed by atoms with Crippen molar-refractivity contribution in [3.63, 3.8) is 0 Å². The molecule has 3 aliphatic rings. The summed E-state index contributed by atoms with van der Waals surface area (Å²) in [5.41, 5.74) is 0.674. The molecule has 0 aliphatic carbocycles. The molecule has 3 saturated heterocycles. The molecular formula is C20H24N4O3. The van der Waals surface area contributed by atoms with Crippen LogP contribution >= 0.6 is 0 Å². The summed E-state index contributed by atoms with van der Waals surface area (Å²) in [6.45, 7) is 3.75. The molecule has 1 aromatic carbocycles. The Labute approximate surface area is 157 Å². The van der Waals surface area contributed by atoms with Crippen LogP contribution in [0.4, 0.5) is 0 Å². The second-order valence-corrected chi connectivity index (χ2v) is 7.35. The number of rotatable bonds is 4. The number of amides is 2. The van der Waals surface area contributed by atoms with Crippen molar-refractivity contribution in [1.82, 2.24) is 19.6 Å². The highest BCUT2D eigenvalue weighted by molar-refractivity contribution is 5.93. The molecular weight excluding hydrogens is 344 g/mol. The smallest absolute Gasteiger partial charge is 0.272 e. The average molecular weight is 368 g/mol. The van der Waals surface area contributed by atoms with Gasteiger partial charge in [0, 0.05) is 31.7 Å². The van der Waals surface area contributed by atoms with E-state index >= 15 is 0 Å². The molecule has 5 rings (SSSR count). The van der Waals surface area contributed by atoms with E-state index in [2.05, 4.69) is 12.0 Å². The van der Waals surface area contributed by atoms with Crippen molar-refractivity contribution in [2.75, 3.05) is 19.6 Å². The summed E-state index contributed by atoms with van der Waals surface area (Å²) < 4.78 is 1.37. The minimum Gasteiger partial charge on any atom is -0.338 e. The third-order valence-corrected chi connectivity index (χ3v) is 5.51. The van der Waals surface area contributed by atoms with Crippen LogP contribution in [0, 0.1) is 5.92 Å². The summed E-state index contributed by atoms with van der Waals surface area (Å²) in [7, 11) is 0. The van der Waals surface area contributed by atoms with Gasteiger partial charge in [0.1, 0.15) is 5.69 Å². The number of aromatic amines is 1. The van der Waals surface area contributed by atoms with Crippen LogP contribution < -0.4 is 5.56 Å². The standard InChI is InChI=1S/C20H24N4O3/c1-2-10-23-16-9-8-14(19(23)26)12-22(13-16)20(27)17-11-18(25)24(21-17)15-6-4-3-5-7-15/h3-7,11,14,16,21H,2,8-10,12-13H2,1H3/t14-,16+/m0/s1. The van der Waals surface area contributed by atoms with Gasteiger partial charge in [-0.25, -0.2) is 4.68 Å². The van der Waals surface area contributed by atoms with Crippen molar-refractivity contribution in [3.05, 3.63) is 52.4 Å². The van der Waals surface area contributed by atoms with Gasteiger partial charge in [0.05, 0.1) is 11.6 Å². The first-order chi connectivity index (χ1) is 13.1. The molecule has 3 fully saturated rings. The van der Waals surface area contributed by atoms with Gasteiger partial charge in [-0.05, 0) is 31.4 Å². The lowest BCUT2D eigenvalue weighted by Crippen LogP contribution is -2.48. The Bertz CT molecular complexity index is 901.